The first-order chi connectivity index (χ1) is 11.5. The van der Waals surface area contributed by atoms with Crippen LogP contribution in [-0.2, 0) is 9.53 Å². The number of ether oxygens (including phenoxy) is 2. The molecular weight excluding hydrogens is 342 g/mol. The van der Waals surface area contributed by atoms with Crippen molar-refractivity contribution in [1.29, 1.82) is 0 Å². The number of carbonyl (C=O) groups is 2. The molecule has 0 aliphatic carbocycles. The Labute approximate surface area is 139 Å². The third-order valence-electron chi connectivity index (χ3n) is 2.67. The average Bonchev–Trinajstić information content (AvgIpc) is 3.01. The molecule has 0 unspecified atom stereocenters. The average molecular weight is 354 g/mol. The van der Waals surface area contributed by atoms with Gasteiger partial charge in [-0.2, -0.15) is 8.78 Å². The first kappa shape index (κ1) is 17.5. The summed E-state index contributed by atoms with van der Waals surface area (Å²) in [7, 11) is 1.24. The summed E-state index contributed by atoms with van der Waals surface area (Å²) in [5.74, 6) is -1.13. The maximum atomic E-state index is 12.3. The predicted octanol–water partition coefficient (Wildman–Crippen LogP) is 3.18. The van der Waals surface area contributed by atoms with E-state index in [4.69, 9.17) is 0 Å². The normalized spacial score (nSPS) is 10.8. The molecule has 0 fully saturated rings. The minimum Gasteiger partial charge on any atom is -0.465 e. The first-order valence-electron chi connectivity index (χ1n) is 6.56. The van der Waals surface area contributed by atoms with Crippen molar-refractivity contribution < 1.29 is 27.8 Å². The van der Waals surface area contributed by atoms with Crippen molar-refractivity contribution in [1.82, 2.24) is 4.98 Å². The van der Waals surface area contributed by atoms with Crippen LogP contribution in [0.5, 0.6) is 5.75 Å². The van der Waals surface area contributed by atoms with Gasteiger partial charge >= 0.3 is 12.6 Å². The van der Waals surface area contributed by atoms with Crippen LogP contribution in [-0.4, -0.2) is 30.6 Å². The zero-order chi connectivity index (χ0) is 17.5. The van der Waals surface area contributed by atoms with Gasteiger partial charge in [-0.25, -0.2) is 9.78 Å². The number of methoxy groups -OCH3 is 1. The highest BCUT2D eigenvalue weighted by Gasteiger charge is 2.12. The second-order valence-corrected chi connectivity index (χ2v) is 5.29. The Balaban J connectivity index is 2.03. The van der Waals surface area contributed by atoms with E-state index in [1.807, 2.05) is 0 Å². The molecule has 1 amide bonds. The number of nitrogens with one attached hydrogen (secondary N) is 1. The third-order valence-corrected chi connectivity index (χ3v) is 3.56. The Morgan fingerprint density at radius 2 is 2.08 bits per heavy atom. The molecule has 126 valence electrons. The van der Waals surface area contributed by atoms with Gasteiger partial charge in [-0.1, -0.05) is 29.5 Å². The number of hydrogen-bond donors (Lipinski definition) is 1. The Bertz CT molecular complexity index is 761. The molecule has 2 aromatic rings. The SMILES string of the molecule is COC(=O)c1cnc(NC(=O)/C=C/c2ccccc2OC(F)F)s1. The topological polar surface area (TPSA) is 77.5 Å². The van der Waals surface area contributed by atoms with Gasteiger partial charge in [0.1, 0.15) is 10.6 Å². The van der Waals surface area contributed by atoms with Gasteiger partial charge in [0, 0.05) is 11.6 Å². The van der Waals surface area contributed by atoms with E-state index in [-0.39, 0.29) is 15.8 Å². The van der Waals surface area contributed by atoms with Crippen molar-refractivity contribution in [3.8, 4) is 5.75 Å². The number of alkyl halides is 2. The lowest BCUT2D eigenvalue weighted by Gasteiger charge is -2.07. The second-order valence-electron chi connectivity index (χ2n) is 4.26. The third kappa shape index (κ3) is 4.85. The number of rotatable bonds is 6. The van der Waals surface area contributed by atoms with Gasteiger partial charge in [0.2, 0.25) is 5.91 Å². The number of esters is 1. The van der Waals surface area contributed by atoms with Crippen molar-refractivity contribution in [2.24, 2.45) is 0 Å². The molecule has 0 saturated heterocycles. The molecule has 2 rings (SSSR count). The summed E-state index contributed by atoms with van der Waals surface area (Å²) in [6, 6.07) is 6.06. The molecule has 0 aliphatic heterocycles. The molecule has 9 heteroatoms. The first-order valence-corrected chi connectivity index (χ1v) is 7.38. The van der Waals surface area contributed by atoms with Gasteiger partial charge in [0.25, 0.3) is 0 Å². The van der Waals surface area contributed by atoms with Gasteiger partial charge in [0.05, 0.1) is 13.3 Å². The molecule has 6 nitrogen and oxygen atoms in total. The Morgan fingerprint density at radius 1 is 1.33 bits per heavy atom. The van der Waals surface area contributed by atoms with E-state index >= 15 is 0 Å². The fourth-order valence-corrected chi connectivity index (χ4v) is 2.40. The van der Waals surface area contributed by atoms with E-state index in [2.05, 4.69) is 19.8 Å². The summed E-state index contributed by atoms with van der Waals surface area (Å²) >= 11 is 0.952. The van der Waals surface area contributed by atoms with E-state index in [1.165, 1.54) is 31.5 Å². The highest BCUT2D eigenvalue weighted by atomic mass is 32.1. The fraction of sp³-hybridized carbons (Fsp3) is 0.133. The number of hydrogen-bond acceptors (Lipinski definition) is 6. The minimum atomic E-state index is -2.96. The van der Waals surface area contributed by atoms with Gasteiger partial charge in [-0.3, -0.25) is 10.1 Å². The largest absolute Gasteiger partial charge is 0.465 e. The number of aromatic nitrogens is 1. The molecule has 0 radical (unpaired) electrons. The van der Waals surface area contributed by atoms with E-state index in [0.717, 1.165) is 17.4 Å². The highest BCUT2D eigenvalue weighted by Crippen LogP contribution is 2.22. The van der Waals surface area contributed by atoms with Crippen LogP contribution in [0.4, 0.5) is 13.9 Å². The monoisotopic (exact) mass is 354 g/mol. The predicted molar refractivity (Wildman–Crippen MR) is 84.2 cm³/mol. The molecule has 0 atom stereocenters. The second kappa shape index (κ2) is 8.16. The summed E-state index contributed by atoms with van der Waals surface area (Å²) in [6.07, 6.45) is 3.76. The van der Waals surface area contributed by atoms with Gasteiger partial charge in [-0.05, 0) is 12.1 Å². The van der Waals surface area contributed by atoms with E-state index in [9.17, 15) is 18.4 Å². The molecule has 0 saturated carbocycles. The number of anilines is 1. The fourth-order valence-electron chi connectivity index (χ4n) is 1.66. The van der Waals surface area contributed by atoms with Crippen LogP contribution in [0.1, 0.15) is 15.2 Å². The summed E-state index contributed by atoms with van der Waals surface area (Å²) in [5, 5.41) is 2.67. The van der Waals surface area contributed by atoms with Crippen LogP contribution >= 0.6 is 11.3 Å². The molecule has 0 aliphatic rings. The summed E-state index contributed by atoms with van der Waals surface area (Å²) in [4.78, 5) is 27.2. The van der Waals surface area contributed by atoms with Gasteiger partial charge in [0.15, 0.2) is 5.13 Å². The molecule has 24 heavy (non-hydrogen) atoms. The van der Waals surface area contributed by atoms with Crippen molar-refractivity contribution >= 4 is 34.4 Å². The van der Waals surface area contributed by atoms with Crippen LogP contribution in [0.3, 0.4) is 0 Å². The molecule has 1 aromatic heterocycles. The number of thiazole rings is 1. The maximum absolute atomic E-state index is 12.3. The van der Waals surface area contributed by atoms with Gasteiger partial charge in [-0.15, -0.1) is 0 Å². The van der Waals surface area contributed by atoms with E-state index < -0.39 is 18.5 Å². The summed E-state index contributed by atoms with van der Waals surface area (Å²) in [5.41, 5.74) is 0.322. The molecule has 0 bridgehead atoms. The molecule has 1 heterocycles. The number of benzene rings is 1. The van der Waals surface area contributed by atoms with Crippen molar-refractivity contribution in [3.63, 3.8) is 0 Å². The number of para-hydroxylation sites is 1. The van der Waals surface area contributed by atoms with Crippen molar-refractivity contribution in [2.45, 2.75) is 6.61 Å². The van der Waals surface area contributed by atoms with Crippen LogP contribution in [0, 0.1) is 0 Å². The summed E-state index contributed by atoms with van der Waals surface area (Å²) in [6.45, 7) is -2.96. The maximum Gasteiger partial charge on any atom is 0.387 e. The van der Waals surface area contributed by atoms with Crippen LogP contribution in [0.15, 0.2) is 36.5 Å². The van der Waals surface area contributed by atoms with Gasteiger partial charge < -0.3 is 9.47 Å². The molecule has 0 spiro atoms. The lowest BCUT2D eigenvalue weighted by molar-refractivity contribution is -0.111. The van der Waals surface area contributed by atoms with Crippen LogP contribution in [0.2, 0.25) is 0 Å². The number of halogens is 2. The quantitative estimate of drug-likeness (QED) is 0.637. The highest BCUT2D eigenvalue weighted by molar-refractivity contribution is 7.17. The van der Waals surface area contributed by atoms with E-state index in [0.29, 0.717) is 5.56 Å². The number of amides is 1. The van der Waals surface area contributed by atoms with Crippen molar-refractivity contribution in [2.75, 3.05) is 12.4 Å². The Kier molecular flexibility index (Phi) is 5.96. The van der Waals surface area contributed by atoms with Crippen LogP contribution in [0.25, 0.3) is 6.08 Å². The lowest BCUT2D eigenvalue weighted by atomic mass is 10.2. The molecule has 1 N–H and O–H groups in total. The smallest absolute Gasteiger partial charge is 0.387 e. The number of nitrogens with zero attached hydrogens (tertiary/aromatic N) is 1. The Morgan fingerprint density at radius 3 is 2.79 bits per heavy atom. The minimum absolute atomic E-state index is 0.0428. The molecule has 1 aromatic carbocycles. The number of carbonyl (C=O) groups excluding carboxylic acids is 2. The van der Waals surface area contributed by atoms with E-state index in [1.54, 1.807) is 12.1 Å². The lowest BCUT2D eigenvalue weighted by Crippen LogP contribution is -2.07. The van der Waals surface area contributed by atoms with Crippen LogP contribution < -0.4 is 10.1 Å². The summed E-state index contributed by atoms with van der Waals surface area (Å²) < 4.78 is 33.5. The van der Waals surface area contributed by atoms with Crippen molar-refractivity contribution in [3.05, 3.63) is 47.0 Å². The standard InChI is InChI=1S/C15H12F2N2O4S/c1-22-13(21)11-8-18-15(24-11)19-12(20)7-6-9-4-2-3-5-10(9)23-14(16)17/h2-8,14H,1H3,(H,18,19,20)/b7-6+. The zero-order valence-corrected chi connectivity index (χ0v) is 13.2. The molecular formula is C15H12F2N2O4S. The Hall–Kier alpha value is -2.81. The zero-order valence-electron chi connectivity index (χ0n) is 12.4.